The molecular formula is C10H19BrO3S. The van der Waals surface area contributed by atoms with E-state index in [-0.39, 0.29) is 28.5 Å². The molecule has 1 saturated heterocycles. The largest absolute Gasteiger partial charge is 0.373 e. The summed E-state index contributed by atoms with van der Waals surface area (Å²) >= 11 is 3.37. The number of hydrogen-bond acceptors (Lipinski definition) is 3. The number of sulfone groups is 1. The molecular weight excluding hydrogens is 280 g/mol. The Bertz CT molecular complexity index is 300. The Morgan fingerprint density at radius 1 is 1.33 bits per heavy atom. The van der Waals surface area contributed by atoms with Crippen molar-refractivity contribution in [3.05, 3.63) is 0 Å². The van der Waals surface area contributed by atoms with Crippen molar-refractivity contribution in [2.75, 3.05) is 11.5 Å². The zero-order chi connectivity index (χ0) is 11.6. The van der Waals surface area contributed by atoms with Gasteiger partial charge in [-0.3, -0.25) is 0 Å². The van der Waals surface area contributed by atoms with Gasteiger partial charge in [0, 0.05) is 0 Å². The molecule has 3 nitrogen and oxygen atoms in total. The van der Waals surface area contributed by atoms with Crippen LogP contribution in [-0.4, -0.2) is 37.0 Å². The zero-order valence-corrected chi connectivity index (χ0v) is 11.8. The molecule has 0 aromatic rings. The van der Waals surface area contributed by atoms with Crippen LogP contribution in [0.4, 0.5) is 0 Å². The van der Waals surface area contributed by atoms with E-state index in [9.17, 15) is 8.42 Å². The predicted molar refractivity (Wildman–Crippen MR) is 65.2 cm³/mol. The molecule has 0 aliphatic carbocycles. The Labute approximate surface area is 101 Å². The lowest BCUT2D eigenvalue weighted by Crippen LogP contribution is -2.27. The third-order valence-electron chi connectivity index (χ3n) is 2.45. The highest BCUT2D eigenvalue weighted by Crippen LogP contribution is 2.24. The van der Waals surface area contributed by atoms with E-state index in [1.54, 1.807) is 0 Å². The van der Waals surface area contributed by atoms with E-state index in [0.29, 0.717) is 5.92 Å². The molecule has 15 heavy (non-hydrogen) atoms. The summed E-state index contributed by atoms with van der Waals surface area (Å²) in [5, 5.41) is 0. The van der Waals surface area contributed by atoms with Crippen LogP contribution in [0.2, 0.25) is 0 Å². The molecule has 0 amide bonds. The molecule has 0 spiro atoms. The molecule has 90 valence electrons. The van der Waals surface area contributed by atoms with Crippen LogP contribution in [0, 0.1) is 5.92 Å². The minimum Gasteiger partial charge on any atom is -0.373 e. The second-order valence-electron chi connectivity index (χ2n) is 4.71. The van der Waals surface area contributed by atoms with Gasteiger partial charge >= 0.3 is 0 Å². The van der Waals surface area contributed by atoms with Gasteiger partial charge in [0.15, 0.2) is 9.84 Å². The van der Waals surface area contributed by atoms with Gasteiger partial charge in [-0.15, -0.1) is 0 Å². The Morgan fingerprint density at radius 3 is 2.33 bits per heavy atom. The highest BCUT2D eigenvalue weighted by atomic mass is 79.9. The maximum absolute atomic E-state index is 11.3. The summed E-state index contributed by atoms with van der Waals surface area (Å²) in [4.78, 5) is -0.0443. The van der Waals surface area contributed by atoms with Crippen LogP contribution >= 0.6 is 15.9 Å². The van der Waals surface area contributed by atoms with E-state index >= 15 is 0 Å². The van der Waals surface area contributed by atoms with E-state index in [0.717, 1.165) is 6.42 Å². The Balaban J connectivity index is 2.46. The maximum Gasteiger partial charge on any atom is 0.154 e. The monoisotopic (exact) mass is 298 g/mol. The van der Waals surface area contributed by atoms with Crippen molar-refractivity contribution in [2.45, 2.75) is 44.2 Å². The zero-order valence-electron chi connectivity index (χ0n) is 9.44. The van der Waals surface area contributed by atoms with Gasteiger partial charge in [-0.2, -0.15) is 0 Å². The average Bonchev–Trinajstić information content (AvgIpc) is 2.22. The van der Waals surface area contributed by atoms with Gasteiger partial charge in [0.1, 0.15) is 0 Å². The molecule has 1 fully saturated rings. The minimum atomic E-state index is -2.89. The van der Waals surface area contributed by atoms with Gasteiger partial charge in [-0.1, -0.05) is 29.8 Å². The van der Waals surface area contributed by atoms with Gasteiger partial charge in [0.2, 0.25) is 0 Å². The Morgan fingerprint density at radius 2 is 1.93 bits per heavy atom. The first-order chi connectivity index (χ1) is 6.80. The first-order valence-corrected chi connectivity index (χ1v) is 8.04. The van der Waals surface area contributed by atoms with Gasteiger partial charge < -0.3 is 4.74 Å². The summed E-state index contributed by atoms with van der Waals surface area (Å²) in [7, 11) is -2.89. The van der Waals surface area contributed by atoms with Crippen LogP contribution in [-0.2, 0) is 14.6 Å². The van der Waals surface area contributed by atoms with Crippen LogP contribution in [0.15, 0.2) is 0 Å². The fourth-order valence-electron chi connectivity index (χ4n) is 1.91. The molecule has 3 unspecified atom stereocenters. The van der Waals surface area contributed by atoms with Crippen molar-refractivity contribution in [3.8, 4) is 0 Å². The van der Waals surface area contributed by atoms with E-state index < -0.39 is 9.84 Å². The Kier molecular flexibility index (Phi) is 4.62. The van der Waals surface area contributed by atoms with Crippen molar-refractivity contribution in [2.24, 2.45) is 5.92 Å². The number of halogens is 1. The lowest BCUT2D eigenvalue weighted by Gasteiger charge is -2.21. The van der Waals surface area contributed by atoms with Crippen LogP contribution in [0.1, 0.15) is 27.2 Å². The quantitative estimate of drug-likeness (QED) is 0.746. The molecule has 0 saturated carbocycles. The Hall–Kier alpha value is 0.390. The van der Waals surface area contributed by atoms with Crippen molar-refractivity contribution >= 4 is 25.8 Å². The first kappa shape index (κ1) is 13.5. The lowest BCUT2D eigenvalue weighted by molar-refractivity contribution is 0.00571. The summed E-state index contributed by atoms with van der Waals surface area (Å²) in [6.07, 6.45) is 0.920. The van der Waals surface area contributed by atoms with Gasteiger partial charge in [-0.25, -0.2) is 8.42 Å². The molecule has 0 aromatic heterocycles. The van der Waals surface area contributed by atoms with Crippen molar-refractivity contribution in [1.29, 1.82) is 0 Å². The molecule has 1 heterocycles. The third kappa shape index (κ3) is 4.41. The number of rotatable bonds is 4. The number of hydrogen-bond donors (Lipinski definition) is 0. The third-order valence-corrected chi connectivity index (χ3v) is 5.49. The molecule has 0 bridgehead atoms. The van der Waals surface area contributed by atoms with Gasteiger partial charge in [0.05, 0.1) is 28.5 Å². The molecule has 5 heteroatoms. The van der Waals surface area contributed by atoms with E-state index in [1.807, 2.05) is 6.92 Å². The molecule has 0 radical (unpaired) electrons. The summed E-state index contributed by atoms with van der Waals surface area (Å²) < 4.78 is 28.4. The average molecular weight is 299 g/mol. The standard InChI is InChI=1S/C10H19BrO3S/c1-7(2)4-8(3)14-10-6-15(12,13)5-9(10)11/h7-10H,4-6H2,1-3H3. The van der Waals surface area contributed by atoms with Crippen molar-refractivity contribution < 1.29 is 13.2 Å². The second-order valence-corrected chi connectivity index (χ2v) is 8.04. The summed E-state index contributed by atoms with van der Waals surface area (Å²) in [6, 6.07) is 0. The molecule has 1 aliphatic rings. The molecule has 3 atom stereocenters. The highest BCUT2D eigenvalue weighted by molar-refractivity contribution is 9.09. The summed E-state index contributed by atoms with van der Waals surface area (Å²) in [5.41, 5.74) is 0. The number of ether oxygens (including phenoxy) is 1. The highest BCUT2D eigenvalue weighted by Gasteiger charge is 2.37. The van der Waals surface area contributed by atoms with Crippen molar-refractivity contribution in [1.82, 2.24) is 0 Å². The predicted octanol–water partition coefficient (Wildman–Crippen LogP) is 2.00. The smallest absolute Gasteiger partial charge is 0.154 e. The van der Waals surface area contributed by atoms with Crippen LogP contribution < -0.4 is 0 Å². The van der Waals surface area contributed by atoms with Crippen LogP contribution in [0.3, 0.4) is 0 Å². The molecule has 1 aliphatic heterocycles. The first-order valence-electron chi connectivity index (χ1n) is 5.30. The fourth-order valence-corrected chi connectivity index (χ4v) is 5.33. The van der Waals surface area contributed by atoms with E-state index in [2.05, 4.69) is 29.8 Å². The van der Waals surface area contributed by atoms with E-state index in [4.69, 9.17) is 4.74 Å². The second kappa shape index (κ2) is 5.15. The van der Waals surface area contributed by atoms with Gasteiger partial charge in [-0.05, 0) is 19.3 Å². The van der Waals surface area contributed by atoms with Gasteiger partial charge in [0.25, 0.3) is 0 Å². The SMILES string of the molecule is CC(C)CC(C)OC1CS(=O)(=O)CC1Br. The molecule has 0 N–H and O–H groups in total. The van der Waals surface area contributed by atoms with Crippen LogP contribution in [0.5, 0.6) is 0 Å². The van der Waals surface area contributed by atoms with Crippen LogP contribution in [0.25, 0.3) is 0 Å². The number of alkyl halides is 1. The molecule has 1 rings (SSSR count). The normalized spacial score (nSPS) is 32.1. The maximum atomic E-state index is 11.3. The fraction of sp³-hybridized carbons (Fsp3) is 1.00. The summed E-state index contributed by atoms with van der Waals surface area (Å²) in [5.74, 6) is 0.934. The van der Waals surface area contributed by atoms with Crippen molar-refractivity contribution in [3.63, 3.8) is 0 Å². The lowest BCUT2D eigenvalue weighted by atomic mass is 10.1. The van der Waals surface area contributed by atoms with E-state index in [1.165, 1.54) is 0 Å². The summed E-state index contributed by atoms with van der Waals surface area (Å²) in [6.45, 7) is 6.28. The minimum absolute atomic E-state index is 0.0443. The topological polar surface area (TPSA) is 43.4 Å². The molecule has 0 aromatic carbocycles.